The third-order valence-corrected chi connectivity index (χ3v) is 3.19. The number of hydrogen-bond acceptors (Lipinski definition) is 5. The number of nitrogens with two attached hydrogens (primary N) is 1. The van der Waals surface area contributed by atoms with Crippen LogP contribution in [0.4, 0.5) is 18.3 Å². The van der Waals surface area contributed by atoms with Crippen molar-refractivity contribution in [1.29, 1.82) is 0 Å². The van der Waals surface area contributed by atoms with Gasteiger partial charge in [0, 0.05) is 5.56 Å². The van der Waals surface area contributed by atoms with Crippen LogP contribution in [0, 0.1) is 0 Å². The van der Waals surface area contributed by atoms with Crippen LogP contribution in [0.5, 0.6) is 0 Å². The minimum absolute atomic E-state index is 0.0743. The molecule has 0 spiro atoms. The SMILES string of the molecule is NCC(=O)Nc1nnc(-c2ccccc2C(F)(F)F)s1. The van der Waals surface area contributed by atoms with Crippen molar-refractivity contribution in [3.63, 3.8) is 0 Å². The van der Waals surface area contributed by atoms with E-state index >= 15 is 0 Å². The fourth-order valence-electron chi connectivity index (χ4n) is 1.47. The topological polar surface area (TPSA) is 80.9 Å². The third kappa shape index (κ3) is 3.11. The molecule has 1 aromatic carbocycles. The average molecular weight is 302 g/mol. The first-order chi connectivity index (χ1) is 9.41. The zero-order valence-electron chi connectivity index (χ0n) is 9.94. The molecule has 0 aliphatic carbocycles. The molecule has 0 fully saturated rings. The highest BCUT2D eigenvalue weighted by Crippen LogP contribution is 2.38. The Labute approximate surface area is 115 Å². The molecular weight excluding hydrogens is 293 g/mol. The summed E-state index contributed by atoms with van der Waals surface area (Å²) in [4.78, 5) is 11.1. The van der Waals surface area contributed by atoms with Gasteiger partial charge >= 0.3 is 6.18 Å². The number of alkyl halides is 3. The van der Waals surface area contributed by atoms with Crippen LogP contribution >= 0.6 is 11.3 Å². The number of hydrogen-bond donors (Lipinski definition) is 2. The van der Waals surface area contributed by atoms with E-state index in [1.165, 1.54) is 18.2 Å². The number of halogens is 3. The van der Waals surface area contributed by atoms with E-state index in [9.17, 15) is 18.0 Å². The largest absolute Gasteiger partial charge is 0.417 e. The Balaban J connectivity index is 2.36. The van der Waals surface area contributed by atoms with Crippen LogP contribution < -0.4 is 11.1 Å². The molecule has 20 heavy (non-hydrogen) atoms. The molecule has 0 bridgehead atoms. The molecule has 0 atom stereocenters. The van der Waals surface area contributed by atoms with Crippen LogP contribution in [0.1, 0.15) is 5.56 Å². The highest BCUT2D eigenvalue weighted by Gasteiger charge is 2.34. The molecule has 106 valence electrons. The number of rotatable bonds is 3. The number of nitrogens with zero attached hydrogens (tertiary/aromatic N) is 2. The third-order valence-electron chi connectivity index (χ3n) is 2.32. The van der Waals surface area contributed by atoms with Crippen LogP contribution in [-0.2, 0) is 11.0 Å². The number of anilines is 1. The fourth-order valence-corrected chi connectivity index (χ4v) is 2.27. The van der Waals surface area contributed by atoms with Gasteiger partial charge in [-0.2, -0.15) is 13.2 Å². The average Bonchev–Trinajstić information content (AvgIpc) is 2.86. The lowest BCUT2D eigenvalue weighted by Gasteiger charge is -2.09. The van der Waals surface area contributed by atoms with Crippen molar-refractivity contribution in [1.82, 2.24) is 10.2 Å². The van der Waals surface area contributed by atoms with Gasteiger partial charge in [0.25, 0.3) is 0 Å². The Kier molecular flexibility index (Phi) is 4.00. The van der Waals surface area contributed by atoms with Crippen molar-refractivity contribution >= 4 is 22.4 Å². The smallest absolute Gasteiger partial charge is 0.322 e. The van der Waals surface area contributed by atoms with Gasteiger partial charge in [-0.25, -0.2) is 0 Å². The minimum Gasteiger partial charge on any atom is -0.322 e. The monoisotopic (exact) mass is 302 g/mol. The van der Waals surface area contributed by atoms with E-state index in [2.05, 4.69) is 15.5 Å². The van der Waals surface area contributed by atoms with Crippen molar-refractivity contribution in [2.45, 2.75) is 6.18 Å². The fraction of sp³-hybridized carbons (Fsp3) is 0.182. The standard InChI is InChI=1S/C11H9F3N4OS/c12-11(13,14)7-4-2-1-3-6(7)9-17-18-10(20-9)16-8(19)5-15/h1-4H,5,15H2,(H,16,18,19). The molecule has 0 saturated heterocycles. The summed E-state index contributed by atoms with van der Waals surface area (Å²) >= 11 is 0.850. The van der Waals surface area contributed by atoms with Gasteiger partial charge in [0.2, 0.25) is 11.0 Å². The molecule has 5 nitrogen and oxygen atoms in total. The second kappa shape index (κ2) is 5.55. The molecule has 0 radical (unpaired) electrons. The molecule has 0 unspecified atom stereocenters. The number of carbonyl (C=O) groups is 1. The summed E-state index contributed by atoms with van der Waals surface area (Å²) in [5, 5.41) is 9.80. The van der Waals surface area contributed by atoms with Gasteiger partial charge in [-0.15, -0.1) is 10.2 Å². The summed E-state index contributed by atoms with van der Waals surface area (Å²) in [5.41, 5.74) is 4.24. The van der Waals surface area contributed by atoms with E-state index < -0.39 is 17.6 Å². The number of benzene rings is 1. The molecular formula is C11H9F3N4OS. The summed E-state index contributed by atoms with van der Waals surface area (Å²) in [6, 6.07) is 5.04. The second-order valence-corrected chi connectivity index (χ2v) is 4.69. The van der Waals surface area contributed by atoms with Crippen molar-refractivity contribution < 1.29 is 18.0 Å². The number of carbonyl (C=O) groups excluding carboxylic acids is 1. The Hall–Kier alpha value is -2.00. The zero-order chi connectivity index (χ0) is 14.8. The van der Waals surface area contributed by atoms with Crippen LogP contribution in [0.15, 0.2) is 24.3 Å². The van der Waals surface area contributed by atoms with Crippen LogP contribution in [0.2, 0.25) is 0 Å². The maximum Gasteiger partial charge on any atom is 0.417 e. The molecule has 0 saturated carbocycles. The maximum absolute atomic E-state index is 12.9. The van der Waals surface area contributed by atoms with E-state index in [4.69, 9.17) is 5.73 Å². The first kappa shape index (κ1) is 14.4. The molecule has 9 heteroatoms. The molecule has 3 N–H and O–H groups in total. The first-order valence-corrected chi connectivity index (χ1v) is 6.23. The first-order valence-electron chi connectivity index (χ1n) is 5.42. The quantitative estimate of drug-likeness (QED) is 0.910. The van der Waals surface area contributed by atoms with Gasteiger partial charge in [0.1, 0.15) is 5.01 Å². The molecule has 2 rings (SSSR count). The summed E-state index contributed by atoms with van der Waals surface area (Å²) in [6.45, 7) is -0.242. The van der Waals surface area contributed by atoms with Crippen LogP contribution in [0.3, 0.4) is 0 Å². The predicted octanol–water partition coefficient (Wildman–Crippen LogP) is 2.12. The number of nitrogens with one attached hydrogen (secondary N) is 1. The second-order valence-electron chi connectivity index (χ2n) is 3.71. The van der Waals surface area contributed by atoms with Gasteiger partial charge in [-0.1, -0.05) is 29.5 Å². The highest BCUT2D eigenvalue weighted by atomic mass is 32.1. The Morgan fingerprint density at radius 3 is 2.65 bits per heavy atom. The van der Waals surface area contributed by atoms with E-state index in [1.54, 1.807) is 0 Å². The van der Waals surface area contributed by atoms with Gasteiger partial charge in [0.05, 0.1) is 12.1 Å². The predicted molar refractivity (Wildman–Crippen MR) is 68.0 cm³/mol. The lowest BCUT2D eigenvalue weighted by molar-refractivity contribution is -0.137. The summed E-state index contributed by atoms with van der Waals surface area (Å²) < 4.78 is 38.6. The molecule has 1 aromatic heterocycles. The Bertz CT molecular complexity index is 626. The lowest BCUT2D eigenvalue weighted by Crippen LogP contribution is -2.21. The number of amides is 1. The molecule has 2 aromatic rings. The Morgan fingerprint density at radius 2 is 2.00 bits per heavy atom. The summed E-state index contributed by atoms with van der Waals surface area (Å²) in [7, 11) is 0. The Morgan fingerprint density at radius 1 is 1.30 bits per heavy atom. The summed E-state index contributed by atoms with van der Waals surface area (Å²) in [6.07, 6.45) is -4.48. The van der Waals surface area contributed by atoms with Crippen molar-refractivity contribution in [2.75, 3.05) is 11.9 Å². The van der Waals surface area contributed by atoms with Gasteiger partial charge < -0.3 is 5.73 Å². The lowest BCUT2D eigenvalue weighted by atomic mass is 10.1. The normalized spacial score (nSPS) is 11.4. The van der Waals surface area contributed by atoms with Gasteiger partial charge in [0.15, 0.2) is 0 Å². The molecule has 1 amide bonds. The van der Waals surface area contributed by atoms with Gasteiger partial charge in [-0.05, 0) is 6.07 Å². The highest BCUT2D eigenvalue weighted by molar-refractivity contribution is 7.18. The van der Waals surface area contributed by atoms with Crippen LogP contribution in [-0.4, -0.2) is 22.6 Å². The van der Waals surface area contributed by atoms with E-state index in [0.29, 0.717) is 0 Å². The van der Waals surface area contributed by atoms with Crippen molar-refractivity contribution in [3.05, 3.63) is 29.8 Å². The van der Waals surface area contributed by atoms with E-state index in [0.717, 1.165) is 17.4 Å². The maximum atomic E-state index is 12.9. The molecule has 1 heterocycles. The minimum atomic E-state index is -4.48. The van der Waals surface area contributed by atoms with Crippen LogP contribution in [0.25, 0.3) is 10.6 Å². The number of aromatic nitrogens is 2. The van der Waals surface area contributed by atoms with Gasteiger partial charge in [-0.3, -0.25) is 10.1 Å². The summed E-state index contributed by atoms with van der Waals surface area (Å²) in [5.74, 6) is -0.489. The van der Waals surface area contributed by atoms with E-state index in [-0.39, 0.29) is 22.2 Å². The molecule has 0 aliphatic heterocycles. The zero-order valence-corrected chi connectivity index (χ0v) is 10.8. The van der Waals surface area contributed by atoms with Crippen molar-refractivity contribution in [2.24, 2.45) is 5.73 Å². The van der Waals surface area contributed by atoms with E-state index in [1.807, 2.05) is 0 Å². The van der Waals surface area contributed by atoms with Crippen molar-refractivity contribution in [3.8, 4) is 10.6 Å². The molecule has 0 aliphatic rings.